The van der Waals surface area contributed by atoms with Gasteiger partial charge in [0, 0.05) is 6.04 Å². The second-order valence-corrected chi connectivity index (χ2v) is 6.86. The van der Waals surface area contributed by atoms with Crippen LogP contribution in [0.25, 0.3) is 6.08 Å². The smallest absolute Gasteiger partial charge is 0.323 e. The van der Waals surface area contributed by atoms with Crippen LogP contribution in [0.1, 0.15) is 5.56 Å². The fourth-order valence-corrected chi connectivity index (χ4v) is 3.98. The van der Waals surface area contributed by atoms with E-state index in [1.54, 1.807) is 24.3 Å². The summed E-state index contributed by atoms with van der Waals surface area (Å²) in [7, 11) is 1.28. The van der Waals surface area contributed by atoms with E-state index < -0.39 is 29.9 Å². The van der Waals surface area contributed by atoms with E-state index in [4.69, 9.17) is 4.74 Å². The van der Waals surface area contributed by atoms with Crippen LogP contribution in [-0.4, -0.2) is 37.0 Å². The Bertz CT molecular complexity index is 926. The summed E-state index contributed by atoms with van der Waals surface area (Å²) in [5.41, 5.74) is 1.49. The Labute approximate surface area is 162 Å². The highest BCUT2D eigenvalue weighted by Crippen LogP contribution is 2.40. The minimum atomic E-state index is -0.856. The number of hydrogen-bond donors (Lipinski definition) is 1. The number of nitrogens with zero attached hydrogens (tertiary/aromatic N) is 1. The summed E-state index contributed by atoms with van der Waals surface area (Å²) >= 11 is 0. The highest BCUT2D eigenvalue weighted by atomic mass is 16.5. The molecule has 2 amide bonds. The molecule has 1 N–H and O–H groups in total. The van der Waals surface area contributed by atoms with E-state index in [-0.39, 0.29) is 11.8 Å². The molecule has 0 radical (unpaired) electrons. The number of amides is 2. The summed E-state index contributed by atoms with van der Waals surface area (Å²) in [6.07, 6.45) is 3.73. The standard InChI is InChI=1S/C22H20N2O4/c1-28-22(27)19-18-17(16(23-19)13-12-14-8-4-2-5-9-14)20(25)24(21(18)26)15-10-6-3-7-11-15/h2-13,16-19,23H,1H3/b13-12+/t16-,17+,18+,19-/m1/s1. The van der Waals surface area contributed by atoms with Gasteiger partial charge >= 0.3 is 5.97 Å². The molecule has 0 bridgehead atoms. The number of rotatable bonds is 4. The molecule has 2 saturated heterocycles. The number of carbonyl (C=O) groups is 3. The van der Waals surface area contributed by atoms with E-state index in [2.05, 4.69) is 5.32 Å². The molecule has 0 spiro atoms. The van der Waals surface area contributed by atoms with Crippen molar-refractivity contribution in [1.82, 2.24) is 5.32 Å². The minimum absolute atomic E-state index is 0.303. The van der Waals surface area contributed by atoms with Crippen LogP contribution in [-0.2, 0) is 19.1 Å². The highest BCUT2D eigenvalue weighted by molar-refractivity contribution is 6.23. The van der Waals surface area contributed by atoms with Crippen molar-refractivity contribution < 1.29 is 19.1 Å². The molecule has 0 saturated carbocycles. The van der Waals surface area contributed by atoms with Crippen molar-refractivity contribution in [3.63, 3.8) is 0 Å². The molecule has 0 aliphatic carbocycles. The maximum absolute atomic E-state index is 13.2. The van der Waals surface area contributed by atoms with Crippen molar-refractivity contribution in [3.8, 4) is 0 Å². The van der Waals surface area contributed by atoms with Crippen molar-refractivity contribution in [2.24, 2.45) is 11.8 Å². The first kappa shape index (κ1) is 18.1. The summed E-state index contributed by atoms with van der Waals surface area (Å²) in [5.74, 6) is -2.66. The number of benzene rings is 2. The Morgan fingerprint density at radius 3 is 2.21 bits per heavy atom. The number of esters is 1. The Hall–Kier alpha value is -3.25. The van der Waals surface area contributed by atoms with E-state index in [0.717, 1.165) is 5.56 Å². The summed E-state index contributed by atoms with van der Waals surface area (Å²) in [6.45, 7) is 0. The van der Waals surface area contributed by atoms with Gasteiger partial charge in [-0.1, -0.05) is 60.7 Å². The first-order chi connectivity index (χ1) is 13.6. The van der Waals surface area contributed by atoms with E-state index in [1.165, 1.54) is 12.0 Å². The van der Waals surface area contributed by atoms with Crippen LogP contribution >= 0.6 is 0 Å². The third-order valence-electron chi connectivity index (χ3n) is 5.28. The fourth-order valence-electron chi connectivity index (χ4n) is 3.98. The number of imide groups is 1. The normalized spacial score (nSPS) is 26.7. The molecule has 2 fully saturated rings. The second-order valence-electron chi connectivity index (χ2n) is 6.86. The van der Waals surface area contributed by atoms with Crippen LogP contribution in [0.5, 0.6) is 0 Å². The molecule has 4 atom stereocenters. The van der Waals surface area contributed by atoms with E-state index >= 15 is 0 Å². The van der Waals surface area contributed by atoms with Gasteiger partial charge in [0.1, 0.15) is 6.04 Å². The lowest BCUT2D eigenvalue weighted by Crippen LogP contribution is -2.45. The van der Waals surface area contributed by atoms with Gasteiger partial charge in [0.15, 0.2) is 0 Å². The highest BCUT2D eigenvalue weighted by Gasteiger charge is 2.60. The average Bonchev–Trinajstić information content (AvgIpc) is 3.24. The van der Waals surface area contributed by atoms with Gasteiger partial charge in [-0.3, -0.25) is 19.7 Å². The van der Waals surface area contributed by atoms with Crippen molar-refractivity contribution in [2.75, 3.05) is 12.0 Å². The number of ether oxygens (including phenoxy) is 1. The molecule has 2 heterocycles. The Morgan fingerprint density at radius 2 is 1.57 bits per heavy atom. The topological polar surface area (TPSA) is 75.7 Å². The van der Waals surface area contributed by atoms with Crippen LogP contribution in [0.3, 0.4) is 0 Å². The van der Waals surface area contributed by atoms with Gasteiger partial charge in [0.25, 0.3) is 0 Å². The lowest BCUT2D eigenvalue weighted by atomic mass is 9.89. The summed E-state index contributed by atoms with van der Waals surface area (Å²) in [4.78, 5) is 39.7. The molecule has 28 heavy (non-hydrogen) atoms. The van der Waals surface area contributed by atoms with Gasteiger partial charge in [-0.25, -0.2) is 4.90 Å². The SMILES string of the molecule is COC(=O)[C@@H]1N[C@H](/C=C/c2ccccc2)[C@@H]2C(=O)N(c3ccccc3)C(=O)[C@@H]21. The molecular weight excluding hydrogens is 356 g/mol. The van der Waals surface area contributed by atoms with Crippen LogP contribution in [0.2, 0.25) is 0 Å². The Morgan fingerprint density at radius 1 is 0.964 bits per heavy atom. The summed E-state index contributed by atoms with van der Waals surface area (Å²) in [5, 5.41) is 3.12. The van der Waals surface area contributed by atoms with E-state index in [1.807, 2.05) is 48.6 Å². The molecule has 0 unspecified atom stereocenters. The van der Waals surface area contributed by atoms with Crippen molar-refractivity contribution in [2.45, 2.75) is 12.1 Å². The first-order valence-electron chi connectivity index (χ1n) is 9.12. The number of methoxy groups -OCH3 is 1. The first-order valence-corrected chi connectivity index (χ1v) is 9.12. The number of anilines is 1. The second kappa shape index (κ2) is 7.40. The maximum atomic E-state index is 13.2. The van der Waals surface area contributed by atoms with Crippen LogP contribution < -0.4 is 10.2 Å². The molecular formula is C22H20N2O4. The van der Waals surface area contributed by atoms with Crippen molar-refractivity contribution >= 4 is 29.5 Å². The lowest BCUT2D eigenvalue weighted by Gasteiger charge is -2.20. The van der Waals surface area contributed by atoms with Gasteiger partial charge in [0.05, 0.1) is 24.6 Å². The Kier molecular flexibility index (Phi) is 4.79. The molecule has 6 nitrogen and oxygen atoms in total. The predicted molar refractivity (Wildman–Crippen MR) is 104 cm³/mol. The van der Waals surface area contributed by atoms with Crippen LogP contribution in [0, 0.1) is 11.8 Å². The lowest BCUT2D eigenvalue weighted by molar-refractivity contribution is -0.145. The van der Waals surface area contributed by atoms with Gasteiger partial charge in [-0.2, -0.15) is 0 Å². The average molecular weight is 376 g/mol. The molecule has 6 heteroatoms. The zero-order valence-corrected chi connectivity index (χ0v) is 15.3. The third-order valence-corrected chi connectivity index (χ3v) is 5.28. The van der Waals surface area contributed by atoms with Gasteiger partial charge in [-0.15, -0.1) is 0 Å². The predicted octanol–water partition coefficient (Wildman–Crippen LogP) is 2.02. The van der Waals surface area contributed by atoms with Gasteiger partial charge in [0.2, 0.25) is 11.8 Å². The van der Waals surface area contributed by atoms with Crippen molar-refractivity contribution in [3.05, 3.63) is 72.3 Å². The number of nitrogens with one attached hydrogen (secondary N) is 1. The molecule has 2 aliphatic rings. The van der Waals surface area contributed by atoms with Crippen LogP contribution in [0.4, 0.5) is 5.69 Å². The largest absolute Gasteiger partial charge is 0.468 e. The number of fused-ring (bicyclic) bond motifs is 1. The molecule has 4 rings (SSSR count). The summed E-state index contributed by atoms with van der Waals surface area (Å²) in [6, 6.07) is 17.1. The maximum Gasteiger partial charge on any atom is 0.323 e. The molecule has 0 aromatic heterocycles. The fraction of sp³-hybridized carbons (Fsp3) is 0.227. The number of carbonyl (C=O) groups excluding carboxylic acids is 3. The van der Waals surface area contributed by atoms with Crippen LogP contribution in [0.15, 0.2) is 66.7 Å². The number of hydrogen-bond acceptors (Lipinski definition) is 5. The third kappa shape index (κ3) is 3.01. The minimum Gasteiger partial charge on any atom is -0.468 e. The van der Waals surface area contributed by atoms with Gasteiger partial charge in [-0.05, 0) is 17.7 Å². The van der Waals surface area contributed by atoms with Crippen molar-refractivity contribution in [1.29, 1.82) is 0 Å². The monoisotopic (exact) mass is 376 g/mol. The van der Waals surface area contributed by atoms with Gasteiger partial charge < -0.3 is 4.74 Å². The van der Waals surface area contributed by atoms with E-state index in [9.17, 15) is 14.4 Å². The number of para-hydroxylation sites is 1. The molecule has 142 valence electrons. The molecule has 2 aromatic carbocycles. The molecule has 2 aromatic rings. The zero-order chi connectivity index (χ0) is 19.7. The Balaban J connectivity index is 1.69. The molecule has 2 aliphatic heterocycles. The van der Waals surface area contributed by atoms with E-state index in [0.29, 0.717) is 5.69 Å². The quantitative estimate of drug-likeness (QED) is 0.653. The zero-order valence-electron chi connectivity index (χ0n) is 15.3. The summed E-state index contributed by atoms with van der Waals surface area (Å²) < 4.78 is 4.87.